The first-order valence-corrected chi connectivity index (χ1v) is 8.31. The van der Waals surface area contributed by atoms with Crippen LogP contribution in [0.2, 0.25) is 0 Å². The van der Waals surface area contributed by atoms with Crippen LogP contribution in [-0.2, 0) is 0 Å². The molecule has 0 radical (unpaired) electrons. The van der Waals surface area contributed by atoms with Gasteiger partial charge >= 0.3 is 0 Å². The molecule has 3 rings (SSSR count). The van der Waals surface area contributed by atoms with Crippen LogP contribution in [0.3, 0.4) is 0 Å². The molecule has 130 valence electrons. The van der Waals surface area contributed by atoms with Crippen molar-refractivity contribution in [1.82, 2.24) is 20.5 Å². The fraction of sp³-hybridized carbons (Fsp3) is 0.529. The quantitative estimate of drug-likeness (QED) is 0.881. The highest BCUT2D eigenvalue weighted by Crippen LogP contribution is 2.31. The standard InChI is InChI=1S/C17H23F2N5/c1-11(2)7-13-10-24(6-5-20-13)15-4-3-14(12-8-21-22-9-12)23-16(15)17(18)19/h3-4,8-9,11,13,17,20H,5-7,10H2,1-2H3,(H,21,22)/t13-/m1/s1. The number of piperazine rings is 1. The van der Waals surface area contributed by atoms with Crippen molar-refractivity contribution in [3.63, 3.8) is 0 Å². The Labute approximate surface area is 140 Å². The Balaban J connectivity index is 1.86. The lowest BCUT2D eigenvalue weighted by Gasteiger charge is -2.36. The van der Waals surface area contributed by atoms with Crippen LogP contribution >= 0.6 is 0 Å². The predicted octanol–water partition coefficient (Wildman–Crippen LogP) is 3.23. The van der Waals surface area contributed by atoms with E-state index in [1.165, 1.54) is 0 Å². The molecule has 0 aliphatic carbocycles. The average molecular weight is 335 g/mol. The Bertz CT molecular complexity index is 657. The molecule has 1 aliphatic heterocycles. The smallest absolute Gasteiger partial charge is 0.282 e. The number of hydrogen-bond acceptors (Lipinski definition) is 4. The number of hydrogen-bond donors (Lipinski definition) is 2. The van der Waals surface area contributed by atoms with Crippen LogP contribution in [0.1, 0.15) is 32.4 Å². The summed E-state index contributed by atoms with van der Waals surface area (Å²) in [5.74, 6) is 0.568. The Morgan fingerprint density at radius 3 is 2.83 bits per heavy atom. The van der Waals surface area contributed by atoms with Crippen molar-refractivity contribution in [1.29, 1.82) is 0 Å². The van der Waals surface area contributed by atoms with E-state index in [9.17, 15) is 8.78 Å². The van der Waals surface area contributed by atoms with Gasteiger partial charge in [0.1, 0.15) is 5.69 Å². The molecule has 1 fully saturated rings. The predicted molar refractivity (Wildman–Crippen MR) is 90.2 cm³/mol. The van der Waals surface area contributed by atoms with E-state index in [0.29, 0.717) is 35.4 Å². The zero-order valence-corrected chi connectivity index (χ0v) is 14.0. The first-order valence-electron chi connectivity index (χ1n) is 8.31. The van der Waals surface area contributed by atoms with E-state index in [4.69, 9.17) is 0 Å². The molecule has 0 unspecified atom stereocenters. The molecule has 1 atom stereocenters. The SMILES string of the molecule is CC(C)C[C@@H]1CN(c2ccc(-c3cn[nH]c3)nc2C(F)F)CCN1. The molecule has 3 heterocycles. The lowest BCUT2D eigenvalue weighted by Crippen LogP contribution is -2.51. The van der Waals surface area contributed by atoms with Crippen LogP contribution < -0.4 is 10.2 Å². The summed E-state index contributed by atoms with van der Waals surface area (Å²) < 4.78 is 27.2. The fourth-order valence-electron chi connectivity index (χ4n) is 3.22. The van der Waals surface area contributed by atoms with Crippen molar-refractivity contribution in [2.24, 2.45) is 5.92 Å². The Morgan fingerprint density at radius 2 is 2.17 bits per heavy atom. The third kappa shape index (κ3) is 3.72. The zero-order valence-electron chi connectivity index (χ0n) is 14.0. The van der Waals surface area contributed by atoms with E-state index in [2.05, 4.69) is 34.3 Å². The molecular weight excluding hydrogens is 312 g/mol. The fourth-order valence-corrected chi connectivity index (χ4v) is 3.22. The molecule has 5 nitrogen and oxygen atoms in total. The topological polar surface area (TPSA) is 56.8 Å². The van der Waals surface area contributed by atoms with Crippen LogP contribution in [0, 0.1) is 5.92 Å². The molecule has 0 amide bonds. The largest absolute Gasteiger partial charge is 0.367 e. The van der Waals surface area contributed by atoms with Crippen LogP contribution in [-0.4, -0.2) is 40.9 Å². The molecule has 0 aromatic carbocycles. The van der Waals surface area contributed by atoms with E-state index in [1.807, 2.05) is 4.90 Å². The maximum Gasteiger partial charge on any atom is 0.282 e. The number of pyridine rings is 1. The number of alkyl halides is 2. The molecular formula is C17H23F2N5. The Kier molecular flexibility index (Phi) is 5.08. The Morgan fingerprint density at radius 1 is 1.33 bits per heavy atom. The molecule has 24 heavy (non-hydrogen) atoms. The van der Waals surface area contributed by atoms with Gasteiger partial charge in [0.2, 0.25) is 0 Å². The van der Waals surface area contributed by atoms with Crippen LogP contribution in [0.5, 0.6) is 0 Å². The third-order valence-corrected chi connectivity index (χ3v) is 4.26. The van der Waals surface area contributed by atoms with Crippen molar-refractivity contribution in [2.75, 3.05) is 24.5 Å². The van der Waals surface area contributed by atoms with E-state index in [-0.39, 0.29) is 5.69 Å². The number of anilines is 1. The van der Waals surface area contributed by atoms with Crippen molar-refractivity contribution < 1.29 is 8.78 Å². The summed E-state index contributed by atoms with van der Waals surface area (Å²) >= 11 is 0. The van der Waals surface area contributed by atoms with E-state index in [0.717, 1.165) is 19.5 Å². The number of rotatable bonds is 5. The van der Waals surface area contributed by atoms with Crippen LogP contribution in [0.25, 0.3) is 11.3 Å². The van der Waals surface area contributed by atoms with Crippen molar-refractivity contribution in [2.45, 2.75) is 32.7 Å². The van der Waals surface area contributed by atoms with Gasteiger partial charge in [0.05, 0.1) is 17.6 Å². The van der Waals surface area contributed by atoms with Crippen LogP contribution in [0.15, 0.2) is 24.5 Å². The van der Waals surface area contributed by atoms with Gasteiger partial charge in [-0.2, -0.15) is 5.10 Å². The van der Waals surface area contributed by atoms with Gasteiger partial charge in [-0.05, 0) is 24.5 Å². The minimum Gasteiger partial charge on any atom is -0.367 e. The van der Waals surface area contributed by atoms with Crippen LogP contribution in [0.4, 0.5) is 14.5 Å². The summed E-state index contributed by atoms with van der Waals surface area (Å²) in [6.07, 6.45) is 1.66. The Hall–Kier alpha value is -2.02. The second kappa shape index (κ2) is 7.25. The number of aromatic amines is 1. The molecule has 2 aromatic rings. The zero-order chi connectivity index (χ0) is 17.1. The number of aromatic nitrogens is 3. The monoisotopic (exact) mass is 335 g/mol. The van der Waals surface area contributed by atoms with E-state index < -0.39 is 6.43 Å². The highest BCUT2D eigenvalue weighted by Gasteiger charge is 2.25. The van der Waals surface area contributed by atoms with Crippen molar-refractivity contribution in [3.05, 3.63) is 30.2 Å². The highest BCUT2D eigenvalue weighted by atomic mass is 19.3. The third-order valence-electron chi connectivity index (χ3n) is 4.26. The summed E-state index contributed by atoms with van der Waals surface area (Å²) in [5, 5.41) is 10.0. The van der Waals surface area contributed by atoms with Gasteiger partial charge in [0, 0.05) is 37.4 Å². The number of halogens is 2. The second-order valence-electron chi connectivity index (χ2n) is 6.62. The lowest BCUT2D eigenvalue weighted by molar-refractivity contribution is 0.146. The molecule has 2 N–H and O–H groups in total. The maximum atomic E-state index is 13.6. The first-order chi connectivity index (χ1) is 11.5. The molecule has 1 saturated heterocycles. The molecule has 0 bridgehead atoms. The summed E-state index contributed by atoms with van der Waals surface area (Å²) in [4.78, 5) is 6.23. The summed E-state index contributed by atoms with van der Waals surface area (Å²) in [7, 11) is 0. The van der Waals surface area contributed by atoms with Gasteiger partial charge in [-0.3, -0.25) is 5.10 Å². The van der Waals surface area contributed by atoms with Gasteiger partial charge in [-0.25, -0.2) is 13.8 Å². The summed E-state index contributed by atoms with van der Waals surface area (Å²) in [5.41, 5.74) is 1.60. The van der Waals surface area contributed by atoms with Gasteiger partial charge in [-0.15, -0.1) is 0 Å². The molecule has 7 heteroatoms. The minimum atomic E-state index is -2.61. The van der Waals surface area contributed by atoms with Crippen molar-refractivity contribution >= 4 is 5.69 Å². The first kappa shape index (κ1) is 16.8. The lowest BCUT2D eigenvalue weighted by atomic mass is 10.0. The molecule has 1 aliphatic rings. The van der Waals surface area contributed by atoms with Gasteiger partial charge in [0.25, 0.3) is 6.43 Å². The average Bonchev–Trinajstić information content (AvgIpc) is 3.08. The minimum absolute atomic E-state index is 0.154. The molecule has 0 saturated carbocycles. The summed E-state index contributed by atoms with van der Waals surface area (Å²) in [6, 6.07) is 3.86. The summed E-state index contributed by atoms with van der Waals surface area (Å²) in [6.45, 7) is 6.58. The molecule has 0 spiro atoms. The number of nitrogens with zero attached hydrogens (tertiary/aromatic N) is 3. The maximum absolute atomic E-state index is 13.6. The highest BCUT2D eigenvalue weighted by molar-refractivity contribution is 5.62. The van der Waals surface area contributed by atoms with Gasteiger partial charge < -0.3 is 10.2 Å². The number of H-pyrrole nitrogens is 1. The van der Waals surface area contributed by atoms with Gasteiger partial charge in [-0.1, -0.05) is 13.8 Å². The second-order valence-corrected chi connectivity index (χ2v) is 6.62. The number of nitrogens with one attached hydrogen (secondary N) is 2. The normalized spacial score (nSPS) is 18.6. The molecule has 2 aromatic heterocycles. The van der Waals surface area contributed by atoms with Gasteiger partial charge in [0.15, 0.2) is 0 Å². The van der Waals surface area contributed by atoms with E-state index in [1.54, 1.807) is 24.5 Å². The van der Waals surface area contributed by atoms with Crippen molar-refractivity contribution in [3.8, 4) is 11.3 Å². The van der Waals surface area contributed by atoms with E-state index >= 15 is 0 Å².